The summed E-state index contributed by atoms with van der Waals surface area (Å²) in [5, 5.41) is 7.99. The molecule has 0 spiro atoms. The Labute approximate surface area is 193 Å². The predicted molar refractivity (Wildman–Crippen MR) is 129 cm³/mol. The zero-order chi connectivity index (χ0) is 23.4. The third kappa shape index (κ3) is 4.78. The fraction of sp³-hybridized carbons (Fsp3) is 0.375. The van der Waals surface area contributed by atoms with Crippen LogP contribution in [0.15, 0.2) is 36.4 Å². The number of esters is 1. The molecule has 33 heavy (non-hydrogen) atoms. The van der Waals surface area contributed by atoms with Crippen LogP contribution in [0, 0.1) is 6.92 Å². The highest BCUT2D eigenvalue weighted by atomic mass is 16.5. The topological polar surface area (TPSA) is 108 Å². The van der Waals surface area contributed by atoms with Gasteiger partial charge in [-0.3, -0.25) is 0 Å². The van der Waals surface area contributed by atoms with Gasteiger partial charge in [0.2, 0.25) is 0 Å². The van der Waals surface area contributed by atoms with E-state index in [1.807, 2.05) is 44.2 Å². The average molecular weight is 451 g/mol. The zero-order valence-corrected chi connectivity index (χ0v) is 19.3. The Morgan fingerprint density at radius 3 is 2.70 bits per heavy atom. The van der Waals surface area contributed by atoms with E-state index in [1.165, 1.54) is 0 Å². The molecule has 3 heterocycles. The molecule has 0 unspecified atom stereocenters. The van der Waals surface area contributed by atoms with Crippen molar-refractivity contribution in [2.45, 2.75) is 20.8 Å². The molecule has 3 N–H and O–H groups in total. The molecule has 1 aromatic carbocycles. The van der Waals surface area contributed by atoms with E-state index in [-0.39, 0.29) is 6.61 Å². The number of aromatic nitrogens is 3. The molecule has 9 nitrogen and oxygen atoms in total. The van der Waals surface area contributed by atoms with Crippen LogP contribution >= 0.6 is 0 Å². The van der Waals surface area contributed by atoms with Crippen molar-refractivity contribution >= 4 is 23.2 Å². The van der Waals surface area contributed by atoms with Crippen LogP contribution in [-0.2, 0) is 9.47 Å². The number of ether oxygens (including phenoxy) is 2. The molecule has 0 radical (unpaired) electrons. The fourth-order valence-corrected chi connectivity index (χ4v) is 3.86. The maximum atomic E-state index is 12.8. The van der Waals surface area contributed by atoms with Crippen LogP contribution in [0.1, 0.15) is 29.9 Å². The first-order chi connectivity index (χ1) is 16.0. The van der Waals surface area contributed by atoms with Crippen molar-refractivity contribution in [3.8, 4) is 17.1 Å². The number of carbonyl (C=O) groups excluding carboxylic acids is 1. The predicted octanol–water partition coefficient (Wildman–Crippen LogP) is 3.27. The molecule has 1 aliphatic heterocycles. The molecule has 0 bridgehead atoms. The number of rotatable bonds is 7. The SMILES string of the molecule is CCNc1nc(-n2nc(-c3cccc(C)c3)cc2C(=O)OCC)cc(N2CCOCC2)c1N. The number of aryl methyl sites for hydroxylation is 1. The first-order valence-electron chi connectivity index (χ1n) is 11.2. The van der Waals surface area contributed by atoms with Crippen LogP contribution < -0.4 is 16.0 Å². The summed E-state index contributed by atoms with van der Waals surface area (Å²) in [6, 6.07) is 11.6. The number of nitrogens with one attached hydrogen (secondary N) is 1. The number of hydrogen-bond acceptors (Lipinski definition) is 8. The Balaban J connectivity index is 1.87. The molecule has 3 aromatic rings. The third-order valence-electron chi connectivity index (χ3n) is 5.44. The summed E-state index contributed by atoms with van der Waals surface area (Å²) >= 11 is 0. The van der Waals surface area contributed by atoms with Crippen LogP contribution in [0.5, 0.6) is 0 Å². The Morgan fingerprint density at radius 1 is 1.21 bits per heavy atom. The third-order valence-corrected chi connectivity index (χ3v) is 5.44. The van der Waals surface area contributed by atoms with Gasteiger partial charge < -0.3 is 25.4 Å². The summed E-state index contributed by atoms with van der Waals surface area (Å²) in [4.78, 5) is 19.7. The lowest BCUT2D eigenvalue weighted by molar-refractivity contribution is 0.0515. The van der Waals surface area contributed by atoms with Crippen molar-refractivity contribution in [3.63, 3.8) is 0 Å². The standard InChI is InChI=1S/C24H30N6O3/c1-4-26-23-22(25)19(29-9-11-32-12-10-29)15-21(27-23)30-20(24(31)33-5-2)14-18(28-30)17-8-6-7-16(3)13-17/h6-8,13-15H,4-5,9-12,25H2,1-3H3,(H,26,27). The molecule has 1 saturated heterocycles. The highest BCUT2D eigenvalue weighted by Crippen LogP contribution is 2.33. The molecular formula is C24H30N6O3. The Kier molecular flexibility index (Phi) is 6.79. The summed E-state index contributed by atoms with van der Waals surface area (Å²) in [6.45, 7) is 9.39. The van der Waals surface area contributed by atoms with Crippen molar-refractivity contribution in [2.24, 2.45) is 0 Å². The van der Waals surface area contributed by atoms with E-state index in [9.17, 15) is 4.79 Å². The first-order valence-corrected chi connectivity index (χ1v) is 11.2. The summed E-state index contributed by atoms with van der Waals surface area (Å²) in [5.41, 5.74) is 10.9. The molecule has 0 saturated carbocycles. The summed E-state index contributed by atoms with van der Waals surface area (Å²) in [5.74, 6) is 0.586. The second-order valence-corrected chi connectivity index (χ2v) is 7.81. The summed E-state index contributed by atoms with van der Waals surface area (Å²) in [7, 11) is 0. The van der Waals surface area contributed by atoms with Crippen molar-refractivity contribution in [3.05, 3.63) is 47.7 Å². The van der Waals surface area contributed by atoms with E-state index in [1.54, 1.807) is 17.7 Å². The fourth-order valence-electron chi connectivity index (χ4n) is 3.86. The number of hydrogen-bond donors (Lipinski definition) is 2. The molecule has 0 amide bonds. The van der Waals surface area contributed by atoms with Crippen molar-refractivity contribution < 1.29 is 14.3 Å². The molecule has 0 atom stereocenters. The number of anilines is 3. The number of benzene rings is 1. The maximum Gasteiger partial charge on any atom is 0.357 e. The molecule has 1 aliphatic rings. The van der Waals surface area contributed by atoms with Crippen LogP contribution in [0.3, 0.4) is 0 Å². The van der Waals surface area contributed by atoms with Gasteiger partial charge in [0, 0.05) is 31.3 Å². The average Bonchev–Trinajstić information content (AvgIpc) is 3.27. The monoisotopic (exact) mass is 450 g/mol. The van der Waals surface area contributed by atoms with Crippen LogP contribution in [-0.4, -0.2) is 60.2 Å². The van der Waals surface area contributed by atoms with Gasteiger partial charge in [-0.15, -0.1) is 0 Å². The van der Waals surface area contributed by atoms with Crippen LogP contribution in [0.2, 0.25) is 0 Å². The van der Waals surface area contributed by atoms with Gasteiger partial charge in [-0.2, -0.15) is 5.10 Å². The van der Waals surface area contributed by atoms with Gasteiger partial charge >= 0.3 is 5.97 Å². The number of morpholine rings is 1. The van der Waals surface area contributed by atoms with Crippen molar-refractivity contribution in [1.82, 2.24) is 14.8 Å². The van der Waals surface area contributed by atoms with Gasteiger partial charge in [-0.1, -0.05) is 23.8 Å². The lowest BCUT2D eigenvalue weighted by atomic mass is 10.1. The highest BCUT2D eigenvalue weighted by Gasteiger charge is 2.23. The summed E-state index contributed by atoms with van der Waals surface area (Å²) < 4.78 is 12.4. The van der Waals surface area contributed by atoms with Gasteiger partial charge in [0.05, 0.1) is 36.9 Å². The maximum absolute atomic E-state index is 12.8. The van der Waals surface area contributed by atoms with Gasteiger partial charge in [0.15, 0.2) is 17.3 Å². The normalized spacial score (nSPS) is 13.7. The smallest absolute Gasteiger partial charge is 0.357 e. The molecular weight excluding hydrogens is 420 g/mol. The van der Waals surface area contributed by atoms with Crippen LogP contribution in [0.4, 0.5) is 17.2 Å². The van der Waals surface area contributed by atoms with Gasteiger partial charge in [-0.05, 0) is 32.9 Å². The molecule has 9 heteroatoms. The van der Waals surface area contributed by atoms with E-state index < -0.39 is 5.97 Å². The van der Waals surface area contributed by atoms with Gasteiger partial charge in [0.25, 0.3) is 0 Å². The Hall–Kier alpha value is -3.59. The lowest BCUT2D eigenvalue weighted by Crippen LogP contribution is -2.37. The molecule has 4 rings (SSSR count). The molecule has 174 valence electrons. The number of nitrogens with zero attached hydrogens (tertiary/aromatic N) is 4. The minimum Gasteiger partial charge on any atom is -0.461 e. The Bertz CT molecular complexity index is 1140. The van der Waals surface area contributed by atoms with Crippen LogP contribution in [0.25, 0.3) is 17.1 Å². The van der Waals surface area contributed by atoms with E-state index in [0.717, 1.165) is 29.9 Å². The highest BCUT2D eigenvalue weighted by molar-refractivity contribution is 5.90. The quantitative estimate of drug-likeness (QED) is 0.528. The minimum atomic E-state index is -0.458. The first kappa shape index (κ1) is 22.6. The van der Waals surface area contributed by atoms with E-state index in [2.05, 4.69) is 10.2 Å². The van der Waals surface area contributed by atoms with E-state index >= 15 is 0 Å². The van der Waals surface area contributed by atoms with Gasteiger partial charge in [0.1, 0.15) is 0 Å². The van der Waals surface area contributed by atoms with E-state index in [0.29, 0.717) is 48.5 Å². The minimum absolute atomic E-state index is 0.265. The number of nitrogens with two attached hydrogens (primary N) is 1. The van der Waals surface area contributed by atoms with E-state index in [4.69, 9.17) is 25.3 Å². The van der Waals surface area contributed by atoms with Crippen molar-refractivity contribution in [1.29, 1.82) is 0 Å². The van der Waals surface area contributed by atoms with Gasteiger partial charge in [-0.25, -0.2) is 14.5 Å². The lowest BCUT2D eigenvalue weighted by Gasteiger charge is -2.30. The summed E-state index contributed by atoms with van der Waals surface area (Å²) in [6.07, 6.45) is 0. The number of carbonyl (C=O) groups is 1. The molecule has 0 aliphatic carbocycles. The number of pyridine rings is 1. The number of nitrogen functional groups attached to an aromatic ring is 1. The second kappa shape index (κ2) is 9.91. The molecule has 1 fully saturated rings. The molecule has 2 aromatic heterocycles. The van der Waals surface area contributed by atoms with Crippen molar-refractivity contribution in [2.75, 3.05) is 55.4 Å². The second-order valence-electron chi connectivity index (χ2n) is 7.81. The largest absolute Gasteiger partial charge is 0.461 e. The Morgan fingerprint density at radius 2 is 2.00 bits per heavy atom. The zero-order valence-electron chi connectivity index (χ0n) is 19.3.